The lowest BCUT2D eigenvalue weighted by atomic mass is 9.80. The molecule has 1 fully saturated rings. The second-order valence-electron chi connectivity index (χ2n) is 6.77. The highest BCUT2D eigenvalue weighted by Gasteiger charge is 2.39. The molecular formula is C19H31BO4. The van der Waals surface area contributed by atoms with Crippen molar-refractivity contribution in [1.29, 1.82) is 0 Å². The van der Waals surface area contributed by atoms with Crippen molar-refractivity contribution in [3.8, 4) is 0 Å². The van der Waals surface area contributed by atoms with Gasteiger partial charge in [0.2, 0.25) is 0 Å². The molecule has 0 heterocycles. The first kappa shape index (κ1) is 21.0. The van der Waals surface area contributed by atoms with Crippen molar-refractivity contribution in [3.05, 3.63) is 24.3 Å². The molecule has 0 aromatic heterocycles. The van der Waals surface area contributed by atoms with Crippen LogP contribution in [0.4, 0.5) is 0 Å². The highest BCUT2D eigenvalue weighted by atomic mass is 16.4. The van der Waals surface area contributed by atoms with Gasteiger partial charge in [-0.05, 0) is 49.9 Å². The molecule has 0 aliphatic heterocycles. The third-order valence-corrected chi connectivity index (χ3v) is 4.86. The van der Waals surface area contributed by atoms with E-state index < -0.39 is 12.1 Å². The Morgan fingerprint density at radius 2 is 2.12 bits per heavy atom. The van der Waals surface area contributed by atoms with Crippen LogP contribution in [0.5, 0.6) is 0 Å². The molecule has 5 atom stereocenters. The Morgan fingerprint density at radius 3 is 2.75 bits per heavy atom. The summed E-state index contributed by atoms with van der Waals surface area (Å²) in [6, 6.07) is 0. The van der Waals surface area contributed by atoms with Crippen LogP contribution in [0, 0.1) is 17.8 Å². The Kier molecular flexibility index (Phi) is 10.0. The van der Waals surface area contributed by atoms with Crippen LogP contribution in [0.2, 0.25) is 6.32 Å². The van der Waals surface area contributed by atoms with Crippen LogP contribution >= 0.6 is 0 Å². The quantitative estimate of drug-likeness (QED) is 0.308. The molecule has 0 spiro atoms. The maximum Gasteiger partial charge on any atom is 0.303 e. The van der Waals surface area contributed by atoms with Crippen LogP contribution in [0.1, 0.15) is 51.9 Å². The van der Waals surface area contributed by atoms with E-state index >= 15 is 0 Å². The summed E-state index contributed by atoms with van der Waals surface area (Å²) >= 11 is 0. The van der Waals surface area contributed by atoms with E-state index in [-0.39, 0.29) is 30.3 Å². The summed E-state index contributed by atoms with van der Waals surface area (Å²) in [7, 11) is 5.86. The lowest BCUT2D eigenvalue weighted by Crippen LogP contribution is -2.19. The van der Waals surface area contributed by atoms with Crippen molar-refractivity contribution >= 4 is 13.8 Å². The number of aliphatic carboxylic acids is 1. The molecule has 0 amide bonds. The fraction of sp³-hybridized carbons (Fsp3) is 0.737. The molecule has 1 aliphatic rings. The third-order valence-electron chi connectivity index (χ3n) is 4.86. The summed E-state index contributed by atoms with van der Waals surface area (Å²) in [5, 5.41) is 28.9. The van der Waals surface area contributed by atoms with Crippen molar-refractivity contribution in [3.63, 3.8) is 0 Å². The number of hydrogen-bond acceptors (Lipinski definition) is 3. The van der Waals surface area contributed by atoms with Gasteiger partial charge in [-0.2, -0.15) is 0 Å². The number of carbonyl (C=O) groups is 1. The predicted octanol–water partition coefficient (Wildman–Crippen LogP) is 3.10. The molecule has 0 saturated heterocycles. The van der Waals surface area contributed by atoms with Crippen molar-refractivity contribution in [2.75, 3.05) is 0 Å². The van der Waals surface area contributed by atoms with Gasteiger partial charge in [0, 0.05) is 6.42 Å². The summed E-state index contributed by atoms with van der Waals surface area (Å²) < 4.78 is 0. The molecule has 3 unspecified atom stereocenters. The monoisotopic (exact) mass is 334 g/mol. The first-order valence-corrected chi connectivity index (χ1v) is 9.10. The van der Waals surface area contributed by atoms with Crippen LogP contribution in [-0.2, 0) is 4.79 Å². The van der Waals surface area contributed by atoms with E-state index in [1.807, 2.05) is 31.2 Å². The molecule has 1 aliphatic carbocycles. The molecule has 0 aromatic carbocycles. The lowest BCUT2D eigenvalue weighted by Gasteiger charge is -2.21. The average molecular weight is 334 g/mol. The fourth-order valence-electron chi connectivity index (χ4n) is 3.51. The summed E-state index contributed by atoms with van der Waals surface area (Å²) in [5.74, 6) is -0.230. The van der Waals surface area contributed by atoms with Gasteiger partial charge in [0.1, 0.15) is 0 Å². The number of carboxylic acid groups (broad SMARTS) is 1. The van der Waals surface area contributed by atoms with Crippen molar-refractivity contribution in [2.45, 2.75) is 70.4 Å². The van der Waals surface area contributed by atoms with E-state index in [4.69, 9.17) is 13.0 Å². The largest absolute Gasteiger partial charge is 0.481 e. The van der Waals surface area contributed by atoms with Crippen molar-refractivity contribution < 1.29 is 20.1 Å². The maximum atomic E-state index is 10.5. The minimum atomic E-state index is -0.767. The first-order chi connectivity index (χ1) is 11.5. The number of hydrogen-bond donors (Lipinski definition) is 3. The highest BCUT2D eigenvalue weighted by Crippen LogP contribution is 2.42. The van der Waals surface area contributed by atoms with Crippen LogP contribution in [0.3, 0.4) is 0 Å². The summed E-state index contributed by atoms with van der Waals surface area (Å²) in [5.41, 5.74) is 0. The molecule has 2 radical (unpaired) electrons. The predicted molar refractivity (Wildman–Crippen MR) is 97.0 cm³/mol. The Balaban J connectivity index is 2.57. The van der Waals surface area contributed by atoms with Gasteiger partial charge in [0.25, 0.3) is 0 Å². The number of aliphatic hydroxyl groups excluding tert-OH is 2. The number of carboxylic acids is 1. The van der Waals surface area contributed by atoms with E-state index in [1.165, 1.54) is 0 Å². The van der Waals surface area contributed by atoms with Gasteiger partial charge < -0.3 is 15.3 Å². The van der Waals surface area contributed by atoms with Gasteiger partial charge in [-0.1, -0.05) is 44.0 Å². The van der Waals surface area contributed by atoms with E-state index in [0.717, 1.165) is 25.7 Å². The third kappa shape index (κ3) is 7.22. The molecule has 0 aromatic rings. The first-order valence-electron chi connectivity index (χ1n) is 9.10. The normalized spacial score (nSPS) is 28.8. The van der Waals surface area contributed by atoms with Gasteiger partial charge in [0.05, 0.1) is 20.1 Å². The minimum Gasteiger partial charge on any atom is -0.481 e. The van der Waals surface area contributed by atoms with Crippen LogP contribution in [-0.4, -0.2) is 41.3 Å². The van der Waals surface area contributed by atoms with Crippen molar-refractivity contribution in [2.24, 2.45) is 17.8 Å². The average Bonchev–Trinajstić information content (AvgIpc) is 2.84. The molecule has 24 heavy (non-hydrogen) atoms. The van der Waals surface area contributed by atoms with Gasteiger partial charge in [-0.15, -0.1) is 0 Å². The number of rotatable bonds is 11. The number of unbranched alkanes of at least 4 members (excludes halogenated alkanes) is 1. The Hall–Kier alpha value is -1.07. The molecule has 134 valence electrons. The van der Waals surface area contributed by atoms with Gasteiger partial charge in [0.15, 0.2) is 0 Å². The second-order valence-corrected chi connectivity index (χ2v) is 6.77. The van der Waals surface area contributed by atoms with Gasteiger partial charge >= 0.3 is 5.97 Å². The molecule has 3 N–H and O–H groups in total. The fourth-order valence-corrected chi connectivity index (χ4v) is 3.51. The lowest BCUT2D eigenvalue weighted by molar-refractivity contribution is -0.137. The smallest absolute Gasteiger partial charge is 0.303 e. The second kappa shape index (κ2) is 11.5. The highest BCUT2D eigenvalue weighted by molar-refractivity contribution is 6.08. The van der Waals surface area contributed by atoms with Crippen molar-refractivity contribution in [1.82, 2.24) is 0 Å². The Labute approximate surface area is 147 Å². The van der Waals surface area contributed by atoms with Crippen LogP contribution < -0.4 is 0 Å². The summed E-state index contributed by atoms with van der Waals surface area (Å²) in [6.07, 6.45) is 12.3. The van der Waals surface area contributed by atoms with E-state index in [9.17, 15) is 15.0 Å². The SMILES string of the molecule is [B]CC1CC(O)[C@H](C/C=C\CCCC(=O)O)[C@H]1/C=C/C(O)CCC. The van der Waals surface area contributed by atoms with Gasteiger partial charge in [-0.3, -0.25) is 4.79 Å². The van der Waals surface area contributed by atoms with Gasteiger partial charge in [-0.25, -0.2) is 0 Å². The van der Waals surface area contributed by atoms with E-state index in [1.54, 1.807) is 0 Å². The van der Waals surface area contributed by atoms with Crippen LogP contribution in [0.25, 0.3) is 0 Å². The zero-order valence-corrected chi connectivity index (χ0v) is 14.7. The topological polar surface area (TPSA) is 77.8 Å². The molecule has 5 heteroatoms. The van der Waals surface area contributed by atoms with E-state index in [0.29, 0.717) is 19.2 Å². The Bertz CT molecular complexity index is 422. The molecule has 0 bridgehead atoms. The Morgan fingerprint density at radius 1 is 1.38 bits per heavy atom. The number of aliphatic hydroxyl groups is 2. The summed E-state index contributed by atoms with van der Waals surface area (Å²) in [4.78, 5) is 10.5. The molecule has 4 nitrogen and oxygen atoms in total. The standard InChI is InChI=1S/C19H31BO4/c1-2-7-15(21)10-11-16-14(13-20)12-18(22)17(16)8-5-3-4-6-9-19(23)24/h3,5,10-11,14-18,21-22H,2,4,6-9,12-13H2,1H3,(H,23,24)/b5-3-,11-10+/t14?,15?,16-,17+,18?/m0/s1. The zero-order chi connectivity index (χ0) is 17.9. The maximum absolute atomic E-state index is 10.5. The van der Waals surface area contributed by atoms with Crippen LogP contribution in [0.15, 0.2) is 24.3 Å². The minimum absolute atomic E-state index is 0.111. The van der Waals surface area contributed by atoms with E-state index in [2.05, 4.69) is 0 Å². The summed E-state index contributed by atoms with van der Waals surface area (Å²) in [6.45, 7) is 2.04. The molecule has 1 rings (SSSR count). The molecule has 1 saturated carbocycles. The zero-order valence-electron chi connectivity index (χ0n) is 14.7. The number of allylic oxidation sites excluding steroid dienone is 3. The molecular weight excluding hydrogens is 303 g/mol.